The Labute approximate surface area is 119 Å². The maximum Gasteiger partial charge on any atom is 0.433 e. The zero-order valence-electron chi connectivity index (χ0n) is 9.86. The van der Waals surface area contributed by atoms with Crippen LogP contribution in [0.15, 0.2) is 47.8 Å². The van der Waals surface area contributed by atoms with Gasteiger partial charge in [0.1, 0.15) is 5.69 Å². The highest BCUT2D eigenvalue weighted by Gasteiger charge is 2.32. The van der Waals surface area contributed by atoms with Crippen LogP contribution in [-0.4, -0.2) is 11.2 Å². The third kappa shape index (κ3) is 3.61. The van der Waals surface area contributed by atoms with E-state index in [1.54, 1.807) is 10.8 Å². The van der Waals surface area contributed by atoms with Crippen molar-refractivity contribution in [3.63, 3.8) is 0 Å². The molecule has 0 spiro atoms. The van der Waals surface area contributed by atoms with Gasteiger partial charge in [-0.15, -0.1) is 0 Å². The fourth-order valence-electron chi connectivity index (χ4n) is 1.50. The van der Waals surface area contributed by atoms with Crippen molar-refractivity contribution >= 4 is 11.8 Å². The van der Waals surface area contributed by atoms with Gasteiger partial charge in [-0.2, -0.15) is 17.7 Å². The second-order valence-electron chi connectivity index (χ2n) is 3.51. The van der Waals surface area contributed by atoms with Gasteiger partial charge < -0.3 is 12.4 Å². The second-order valence-corrected chi connectivity index (χ2v) is 4.34. The molecule has 2 nitrogen and oxygen atoms in total. The Balaban J connectivity index is 0.00000180. The minimum Gasteiger partial charge on any atom is -1.00 e. The molecule has 0 saturated carbocycles. The Kier molecular flexibility index (Phi) is 5.20. The predicted octanol–water partition coefficient (Wildman–Crippen LogP) is 0.103. The summed E-state index contributed by atoms with van der Waals surface area (Å²) < 4.78 is 39.0. The molecule has 0 aromatic carbocycles. The van der Waals surface area contributed by atoms with Gasteiger partial charge in [0.05, 0.1) is 6.20 Å². The van der Waals surface area contributed by atoms with Gasteiger partial charge in [-0.1, -0.05) is 11.8 Å². The standard InChI is InChI=1S/C12H10F3N2S.ClH/c1-18-11-4-2-3-7-17(11)9-5-6-10(16-8-9)12(13,14)15;/h2-8H,1H3;1H/q+1;/p-1. The molecular formula is C12H10ClF3N2S. The quantitative estimate of drug-likeness (QED) is 0.578. The molecule has 102 valence electrons. The molecular weight excluding hydrogens is 297 g/mol. The lowest BCUT2D eigenvalue weighted by atomic mass is 10.3. The van der Waals surface area contributed by atoms with Crippen molar-refractivity contribution in [2.75, 3.05) is 6.26 Å². The SMILES string of the molecule is CSc1cccc[n+]1-c1ccc(C(F)(F)F)nc1.[Cl-]. The lowest BCUT2D eigenvalue weighted by Gasteiger charge is -2.05. The highest BCUT2D eigenvalue weighted by Crippen LogP contribution is 2.27. The Morgan fingerprint density at radius 1 is 1.16 bits per heavy atom. The number of nitrogens with zero attached hydrogens (tertiary/aromatic N) is 2. The van der Waals surface area contributed by atoms with Crippen LogP contribution in [-0.2, 0) is 6.18 Å². The van der Waals surface area contributed by atoms with Gasteiger partial charge in [0.25, 0.3) is 0 Å². The Hall–Kier alpha value is -1.27. The van der Waals surface area contributed by atoms with Crippen LogP contribution in [0.25, 0.3) is 5.69 Å². The fraction of sp³-hybridized carbons (Fsp3) is 0.167. The third-order valence-electron chi connectivity index (χ3n) is 2.35. The average Bonchev–Trinajstić information content (AvgIpc) is 2.38. The van der Waals surface area contributed by atoms with E-state index in [0.717, 1.165) is 11.1 Å². The maximum atomic E-state index is 12.4. The topological polar surface area (TPSA) is 16.8 Å². The molecule has 0 N–H and O–H groups in total. The summed E-state index contributed by atoms with van der Waals surface area (Å²) in [5.41, 5.74) is -0.276. The van der Waals surface area contributed by atoms with E-state index in [0.29, 0.717) is 5.69 Å². The third-order valence-corrected chi connectivity index (χ3v) is 3.10. The molecule has 0 aliphatic carbocycles. The molecule has 7 heteroatoms. The maximum absolute atomic E-state index is 12.4. The van der Waals surface area contributed by atoms with Crippen LogP contribution >= 0.6 is 11.8 Å². The number of rotatable bonds is 2. The summed E-state index contributed by atoms with van der Waals surface area (Å²) in [6, 6.07) is 7.98. The monoisotopic (exact) mass is 306 g/mol. The van der Waals surface area contributed by atoms with Crippen molar-refractivity contribution in [1.82, 2.24) is 4.98 Å². The zero-order valence-corrected chi connectivity index (χ0v) is 11.4. The van der Waals surface area contributed by atoms with Crippen molar-refractivity contribution in [3.8, 4) is 5.69 Å². The van der Waals surface area contributed by atoms with Crippen LogP contribution in [0.2, 0.25) is 0 Å². The minimum absolute atomic E-state index is 0. The van der Waals surface area contributed by atoms with E-state index < -0.39 is 11.9 Å². The number of halogens is 4. The molecule has 2 aromatic heterocycles. The van der Waals surface area contributed by atoms with Crippen LogP contribution in [0.1, 0.15) is 5.69 Å². The zero-order chi connectivity index (χ0) is 13.2. The lowest BCUT2D eigenvalue weighted by molar-refractivity contribution is -0.636. The van der Waals surface area contributed by atoms with Gasteiger partial charge >= 0.3 is 6.18 Å². The largest absolute Gasteiger partial charge is 1.00 e. The smallest absolute Gasteiger partial charge is 0.433 e. The summed E-state index contributed by atoms with van der Waals surface area (Å²) in [6.45, 7) is 0. The van der Waals surface area contributed by atoms with E-state index in [1.165, 1.54) is 24.0 Å². The van der Waals surface area contributed by atoms with E-state index in [-0.39, 0.29) is 12.4 Å². The molecule has 0 unspecified atom stereocenters. The van der Waals surface area contributed by atoms with Gasteiger partial charge in [-0.05, 0) is 18.4 Å². The van der Waals surface area contributed by atoms with E-state index in [4.69, 9.17) is 0 Å². The van der Waals surface area contributed by atoms with E-state index in [2.05, 4.69) is 4.98 Å². The first-order chi connectivity index (χ1) is 8.52. The van der Waals surface area contributed by atoms with Crippen LogP contribution in [0.5, 0.6) is 0 Å². The first kappa shape index (κ1) is 15.8. The predicted molar refractivity (Wildman–Crippen MR) is 62.6 cm³/mol. The van der Waals surface area contributed by atoms with Crippen molar-refractivity contribution < 1.29 is 30.1 Å². The van der Waals surface area contributed by atoms with Crippen molar-refractivity contribution in [3.05, 3.63) is 48.4 Å². The molecule has 0 radical (unpaired) electrons. The number of hydrogen-bond acceptors (Lipinski definition) is 2. The Bertz CT molecular complexity index is 543. The van der Waals surface area contributed by atoms with Crippen molar-refractivity contribution in [2.24, 2.45) is 0 Å². The van der Waals surface area contributed by atoms with Crippen LogP contribution < -0.4 is 17.0 Å². The summed E-state index contributed by atoms with van der Waals surface area (Å²) in [5.74, 6) is 0. The summed E-state index contributed by atoms with van der Waals surface area (Å²) in [6.07, 6.45) is 0.518. The molecule has 0 saturated heterocycles. The molecule has 2 aromatic rings. The highest BCUT2D eigenvalue weighted by atomic mass is 35.5. The molecule has 0 aliphatic heterocycles. The van der Waals surface area contributed by atoms with E-state index >= 15 is 0 Å². The molecule has 2 heterocycles. The number of aromatic nitrogens is 2. The normalized spacial score (nSPS) is 10.9. The van der Waals surface area contributed by atoms with Gasteiger partial charge in [0.15, 0.2) is 6.20 Å². The summed E-state index contributed by atoms with van der Waals surface area (Å²) >= 11 is 1.51. The minimum atomic E-state index is -4.40. The highest BCUT2D eigenvalue weighted by molar-refractivity contribution is 7.98. The van der Waals surface area contributed by atoms with Gasteiger partial charge in [-0.3, -0.25) is 0 Å². The molecule has 2 rings (SSSR count). The molecule has 0 fully saturated rings. The molecule has 0 atom stereocenters. The second kappa shape index (κ2) is 6.25. The number of thioether (sulfide) groups is 1. The molecule has 0 amide bonds. The first-order valence-corrected chi connectivity index (χ1v) is 6.33. The van der Waals surface area contributed by atoms with Crippen molar-refractivity contribution in [2.45, 2.75) is 11.2 Å². The summed E-state index contributed by atoms with van der Waals surface area (Å²) in [4.78, 5) is 3.45. The Morgan fingerprint density at radius 2 is 1.89 bits per heavy atom. The first-order valence-electron chi connectivity index (χ1n) is 5.10. The van der Waals surface area contributed by atoms with Gasteiger partial charge in [0.2, 0.25) is 10.7 Å². The van der Waals surface area contributed by atoms with E-state index in [1.807, 2.05) is 24.5 Å². The number of pyridine rings is 2. The Morgan fingerprint density at radius 3 is 2.42 bits per heavy atom. The average molecular weight is 307 g/mol. The fourth-order valence-corrected chi connectivity index (χ4v) is 2.08. The van der Waals surface area contributed by atoms with Gasteiger partial charge in [0, 0.05) is 18.2 Å². The van der Waals surface area contributed by atoms with E-state index in [9.17, 15) is 13.2 Å². The summed E-state index contributed by atoms with van der Waals surface area (Å²) in [7, 11) is 0. The van der Waals surface area contributed by atoms with Crippen molar-refractivity contribution in [1.29, 1.82) is 0 Å². The summed E-state index contributed by atoms with van der Waals surface area (Å²) in [5, 5.41) is 0.930. The van der Waals surface area contributed by atoms with Gasteiger partial charge in [-0.25, -0.2) is 4.98 Å². The van der Waals surface area contributed by atoms with Crippen LogP contribution in [0.3, 0.4) is 0 Å². The molecule has 19 heavy (non-hydrogen) atoms. The lowest BCUT2D eigenvalue weighted by Crippen LogP contribution is -3.00. The molecule has 0 aliphatic rings. The van der Waals surface area contributed by atoms with Crippen LogP contribution in [0.4, 0.5) is 13.2 Å². The number of alkyl halides is 3. The molecule has 0 bridgehead atoms. The number of hydrogen-bond donors (Lipinski definition) is 0. The van der Waals surface area contributed by atoms with Crippen LogP contribution in [0, 0.1) is 0 Å².